The Morgan fingerprint density at radius 1 is 0.941 bits per heavy atom. The van der Waals surface area contributed by atoms with Crippen LogP contribution in [0.1, 0.15) is 48.0 Å². The van der Waals surface area contributed by atoms with Gasteiger partial charge in [-0.15, -0.1) is 0 Å². The maximum absolute atomic E-state index is 12.4. The molecule has 0 fully saturated rings. The number of amidine groups is 1. The number of carbonyl (C=O) groups is 2. The van der Waals surface area contributed by atoms with Crippen molar-refractivity contribution >= 4 is 23.4 Å². The number of carbonyl (C=O) groups excluding carboxylic acids is 2. The smallest absolute Gasteiger partial charge is 0.413 e. The fourth-order valence-electron chi connectivity index (χ4n) is 2.87. The molecule has 1 amide bonds. The van der Waals surface area contributed by atoms with E-state index in [9.17, 15) is 9.59 Å². The first kappa shape index (κ1) is 24.2. The molecule has 0 aliphatic rings. The molecule has 7 nitrogen and oxygen atoms in total. The van der Waals surface area contributed by atoms with E-state index in [2.05, 4.69) is 27.5 Å². The molecule has 0 saturated heterocycles. The normalized spacial score (nSPS) is 10.4. The zero-order chi connectivity index (χ0) is 24.6. The number of hydrogen-bond acceptors (Lipinski definition) is 6. The first-order chi connectivity index (χ1) is 16.2. The number of aromatic nitrogens is 1. The van der Waals surface area contributed by atoms with Gasteiger partial charge in [-0.1, -0.05) is 36.3 Å². The van der Waals surface area contributed by atoms with E-state index in [1.807, 2.05) is 18.2 Å². The van der Waals surface area contributed by atoms with E-state index in [0.29, 0.717) is 28.9 Å². The molecule has 0 unspecified atom stereocenters. The predicted molar refractivity (Wildman–Crippen MR) is 132 cm³/mol. The Balaban J connectivity index is 1.50. The molecule has 0 spiro atoms. The monoisotopic (exact) mass is 454 g/mol. The van der Waals surface area contributed by atoms with Crippen molar-refractivity contribution in [3.63, 3.8) is 0 Å². The Morgan fingerprint density at radius 2 is 1.62 bits per heavy atom. The van der Waals surface area contributed by atoms with Crippen molar-refractivity contribution in [2.24, 2.45) is 0 Å². The molecule has 7 heteroatoms. The minimum atomic E-state index is -0.666. The van der Waals surface area contributed by atoms with Crippen LogP contribution in [0, 0.1) is 17.3 Å². The zero-order valence-corrected chi connectivity index (χ0v) is 19.3. The molecule has 1 aromatic heterocycles. The summed E-state index contributed by atoms with van der Waals surface area (Å²) in [5.41, 5.74) is 2.45. The first-order valence-corrected chi connectivity index (χ1v) is 10.7. The van der Waals surface area contributed by atoms with Crippen molar-refractivity contribution < 1.29 is 14.3 Å². The number of pyridine rings is 1. The third-order valence-corrected chi connectivity index (χ3v) is 4.46. The summed E-state index contributed by atoms with van der Waals surface area (Å²) < 4.78 is 5.15. The SMILES string of the molecule is CC(C)(C)OC(=O)NC(=N)c1ccc(NCC#Cc2ccc(C(=O)c3ccccc3)cn2)cc1. The molecular weight excluding hydrogens is 428 g/mol. The molecule has 0 aliphatic heterocycles. The first-order valence-electron chi connectivity index (χ1n) is 10.7. The molecule has 3 rings (SSSR count). The largest absolute Gasteiger partial charge is 0.444 e. The Kier molecular flexibility index (Phi) is 7.78. The number of nitrogens with zero attached hydrogens (tertiary/aromatic N) is 1. The van der Waals surface area contributed by atoms with Crippen molar-refractivity contribution in [3.8, 4) is 11.8 Å². The lowest BCUT2D eigenvalue weighted by Crippen LogP contribution is -2.36. The summed E-state index contributed by atoms with van der Waals surface area (Å²) in [6, 6.07) is 19.5. The standard InChI is InChI=1S/C27H26N4O3/c1-27(2,3)34-26(33)31-25(28)20-11-14-23(15-12-20)29-17-7-10-22-16-13-21(18-30-22)24(32)19-8-5-4-6-9-19/h4-6,8-9,11-16,18,29H,17H2,1-3H3,(H2,28,31,33). The molecule has 0 saturated carbocycles. The van der Waals surface area contributed by atoms with Crippen LogP contribution in [0.15, 0.2) is 72.9 Å². The second-order valence-electron chi connectivity index (χ2n) is 8.36. The van der Waals surface area contributed by atoms with Crippen molar-refractivity contribution in [2.45, 2.75) is 26.4 Å². The number of nitrogens with one attached hydrogen (secondary N) is 3. The molecule has 2 aromatic carbocycles. The van der Waals surface area contributed by atoms with Gasteiger partial charge in [0.25, 0.3) is 0 Å². The van der Waals surface area contributed by atoms with Gasteiger partial charge in [0.2, 0.25) is 0 Å². The molecule has 0 aliphatic carbocycles. The summed E-state index contributed by atoms with van der Waals surface area (Å²) in [5, 5.41) is 13.6. The molecule has 3 aromatic rings. The van der Waals surface area contributed by atoms with Crippen LogP contribution in [0.4, 0.5) is 10.5 Å². The van der Waals surface area contributed by atoms with Gasteiger partial charge in [-0.05, 0) is 63.1 Å². The average Bonchev–Trinajstić information content (AvgIpc) is 2.81. The van der Waals surface area contributed by atoms with E-state index >= 15 is 0 Å². The van der Waals surface area contributed by atoms with Crippen LogP contribution in [0.5, 0.6) is 0 Å². The van der Waals surface area contributed by atoms with Crippen LogP contribution in [0.25, 0.3) is 0 Å². The van der Waals surface area contributed by atoms with Gasteiger partial charge in [0.15, 0.2) is 5.78 Å². The number of anilines is 1. The second kappa shape index (κ2) is 10.9. The van der Waals surface area contributed by atoms with Crippen LogP contribution in [-0.4, -0.2) is 34.8 Å². The summed E-state index contributed by atoms with van der Waals surface area (Å²) in [7, 11) is 0. The summed E-state index contributed by atoms with van der Waals surface area (Å²) >= 11 is 0. The second-order valence-corrected chi connectivity index (χ2v) is 8.36. The number of ether oxygens (including phenoxy) is 1. The van der Waals surface area contributed by atoms with Crippen molar-refractivity contribution in [1.29, 1.82) is 5.41 Å². The van der Waals surface area contributed by atoms with Gasteiger partial charge >= 0.3 is 6.09 Å². The highest BCUT2D eigenvalue weighted by Gasteiger charge is 2.17. The van der Waals surface area contributed by atoms with E-state index in [-0.39, 0.29) is 11.6 Å². The van der Waals surface area contributed by atoms with E-state index in [1.54, 1.807) is 69.3 Å². The van der Waals surface area contributed by atoms with Gasteiger partial charge in [0.05, 0.1) is 6.54 Å². The van der Waals surface area contributed by atoms with E-state index < -0.39 is 11.7 Å². The summed E-state index contributed by atoms with van der Waals surface area (Å²) in [5.74, 6) is 5.83. The lowest BCUT2D eigenvalue weighted by atomic mass is 10.1. The quantitative estimate of drug-likeness (QED) is 0.226. The average molecular weight is 455 g/mol. The molecule has 0 atom stereocenters. The van der Waals surface area contributed by atoms with Gasteiger partial charge in [0, 0.05) is 28.6 Å². The fraction of sp³-hybridized carbons (Fsp3) is 0.185. The van der Waals surface area contributed by atoms with Crippen LogP contribution in [0.3, 0.4) is 0 Å². The maximum atomic E-state index is 12.4. The Bertz CT molecular complexity index is 1220. The number of ketones is 1. The molecule has 0 bridgehead atoms. The highest BCUT2D eigenvalue weighted by atomic mass is 16.6. The molecule has 0 radical (unpaired) electrons. The predicted octanol–water partition coefficient (Wildman–Crippen LogP) is 4.63. The zero-order valence-electron chi connectivity index (χ0n) is 19.3. The van der Waals surface area contributed by atoms with Crippen LogP contribution < -0.4 is 10.6 Å². The number of benzene rings is 2. The summed E-state index contributed by atoms with van der Waals surface area (Å²) in [6.45, 7) is 5.67. The molecule has 172 valence electrons. The maximum Gasteiger partial charge on any atom is 0.413 e. The highest BCUT2D eigenvalue weighted by Crippen LogP contribution is 2.11. The van der Waals surface area contributed by atoms with Crippen molar-refractivity contribution in [3.05, 3.63) is 95.3 Å². The third-order valence-electron chi connectivity index (χ3n) is 4.46. The van der Waals surface area contributed by atoms with E-state index in [0.717, 1.165) is 5.69 Å². The number of amides is 1. The molecule has 3 N–H and O–H groups in total. The van der Waals surface area contributed by atoms with E-state index in [4.69, 9.17) is 10.1 Å². The van der Waals surface area contributed by atoms with Crippen molar-refractivity contribution in [2.75, 3.05) is 11.9 Å². The minimum Gasteiger partial charge on any atom is -0.444 e. The lowest BCUT2D eigenvalue weighted by Gasteiger charge is -2.19. The van der Waals surface area contributed by atoms with Crippen molar-refractivity contribution in [1.82, 2.24) is 10.3 Å². The number of rotatable bonds is 5. The van der Waals surface area contributed by atoms with Gasteiger partial charge in [-0.3, -0.25) is 15.5 Å². The Morgan fingerprint density at radius 3 is 2.24 bits per heavy atom. The highest BCUT2D eigenvalue weighted by molar-refractivity contribution is 6.08. The lowest BCUT2D eigenvalue weighted by molar-refractivity contribution is 0.0563. The minimum absolute atomic E-state index is 0.0409. The molecule has 34 heavy (non-hydrogen) atoms. The van der Waals surface area contributed by atoms with Gasteiger partial charge in [-0.25, -0.2) is 9.78 Å². The van der Waals surface area contributed by atoms with Crippen LogP contribution >= 0.6 is 0 Å². The number of hydrogen-bond donors (Lipinski definition) is 3. The van der Waals surface area contributed by atoms with Crippen LogP contribution in [-0.2, 0) is 4.74 Å². The third kappa shape index (κ3) is 7.31. The molecule has 1 heterocycles. The van der Waals surface area contributed by atoms with Crippen LogP contribution in [0.2, 0.25) is 0 Å². The summed E-state index contributed by atoms with van der Waals surface area (Å²) in [6.07, 6.45) is 0.868. The van der Waals surface area contributed by atoms with Gasteiger partial charge in [-0.2, -0.15) is 0 Å². The van der Waals surface area contributed by atoms with Gasteiger partial charge < -0.3 is 10.1 Å². The Labute approximate surface area is 199 Å². The molecular formula is C27H26N4O3. The Hall–Kier alpha value is -4.44. The number of alkyl carbamates (subject to hydrolysis) is 1. The van der Waals surface area contributed by atoms with Gasteiger partial charge in [0.1, 0.15) is 17.1 Å². The topological polar surface area (TPSA) is 104 Å². The fourth-order valence-corrected chi connectivity index (χ4v) is 2.87. The van der Waals surface area contributed by atoms with E-state index in [1.165, 1.54) is 6.20 Å². The summed E-state index contributed by atoms with van der Waals surface area (Å²) in [4.78, 5) is 28.5.